The van der Waals surface area contributed by atoms with E-state index in [1.165, 1.54) is 0 Å². The number of nitrogen functional groups attached to an aromatic ring is 1. The van der Waals surface area contributed by atoms with E-state index in [0.717, 1.165) is 33.5 Å². The van der Waals surface area contributed by atoms with Crippen molar-refractivity contribution in [2.45, 2.75) is 19.9 Å². The predicted octanol–water partition coefficient (Wildman–Crippen LogP) is 4.15. The minimum Gasteiger partial charge on any atom is -0.453 e. The number of pyridine rings is 2. The van der Waals surface area contributed by atoms with Gasteiger partial charge in [0.2, 0.25) is 5.78 Å². The summed E-state index contributed by atoms with van der Waals surface area (Å²) in [6.45, 7) is 2.50. The predicted molar refractivity (Wildman–Crippen MR) is 109 cm³/mol. The van der Waals surface area contributed by atoms with Crippen LogP contribution in [0.5, 0.6) is 0 Å². The van der Waals surface area contributed by atoms with Crippen LogP contribution in [0.4, 0.5) is 11.5 Å². The zero-order valence-electron chi connectivity index (χ0n) is 15.5. The largest absolute Gasteiger partial charge is 0.453 e. The molecule has 0 aliphatic carbocycles. The minimum absolute atomic E-state index is 0.0598. The van der Waals surface area contributed by atoms with Gasteiger partial charge in [0.25, 0.3) is 0 Å². The van der Waals surface area contributed by atoms with Crippen molar-refractivity contribution in [3.63, 3.8) is 0 Å². The first-order valence-corrected chi connectivity index (χ1v) is 9.00. The van der Waals surface area contributed by atoms with Crippen molar-refractivity contribution in [3.05, 3.63) is 83.5 Å². The van der Waals surface area contributed by atoms with Gasteiger partial charge in [-0.25, -0.2) is 4.98 Å². The smallest absolute Gasteiger partial charge is 0.202 e. The van der Waals surface area contributed by atoms with Crippen LogP contribution >= 0.6 is 0 Å². The Bertz CT molecular complexity index is 1150. The van der Waals surface area contributed by atoms with Crippen LogP contribution in [-0.2, 0) is 13.0 Å². The van der Waals surface area contributed by atoms with Crippen molar-refractivity contribution in [3.8, 4) is 0 Å². The first-order chi connectivity index (χ1) is 13.6. The minimum atomic E-state index is -0.0598. The van der Waals surface area contributed by atoms with Crippen molar-refractivity contribution in [1.29, 1.82) is 0 Å². The van der Waals surface area contributed by atoms with Gasteiger partial charge >= 0.3 is 0 Å². The first kappa shape index (κ1) is 17.7. The van der Waals surface area contributed by atoms with Crippen LogP contribution in [0, 0.1) is 6.92 Å². The monoisotopic (exact) mass is 372 g/mol. The summed E-state index contributed by atoms with van der Waals surface area (Å²) in [6, 6.07) is 15.1. The van der Waals surface area contributed by atoms with Crippen molar-refractivity contribution in [2.24, 2.45) is 0 Å². The zero-order chi connectivity index (χ0) is 19.5. The van der Waals surface area contributed by atoms with E-state index in [-0.39, 0.29) is 12.2 Å². The summed E-state index contributed by atoms with van der Waals surface area (Å²) in [7, 11) is 0. The third-order valence-electron chi connectivity index (χ3n) is 4.49. The molecule has 28 heavy (non-hydrogen) atoms. The molecule has 1 aromatic carbocycles. The number of hydrogen-bond donors (Lipinski definition) is 2. The molecule has 0 aliphatic rings. The van der Waals surface area contributed by atoms with Gasteiger partial charge in [-0.2, -0.15) is 0 Å². The number of nitrogens with zero attached hydrogens (tertiary/aromatic N) is 2. The van der Waals surface area contributed by atoms with Crippen LogP contribution < -0.4 is 11.1 Å². The Hall–Kier alpha value is -3.67. The van der Waals surface area contributed by atoms with E-state index in [4.69, 9.17) is 10.2 Å². The lowest BCUT2D eigenvalue weighted by Gasteiger charge is -2.08. The van der Waals surface area contributed by atoms with Gasteiger partial charge in [0.05, 0.1) is 17.9 Å². The lowest BCUT2D eigenvalue weighted by molar-refractivity contribution is 0.0968. The lowest BCUT2D eigenvalue weighted by atomic mass is 10.1. The molecule has 0 aliphatic heterocycles. The summed E-state index contributed by atoms with van der Waals surface area (Å²) in [4.78, 5) is 21.0. The van der Waals surface area contributed by atoms with E-state index < -0.39 is 0 Å². The van der Waals surface area contributed by atoms with Gasteiger partial charge in [0.1, 0.15) is 11.4 Å². The quantitative estimate of drug-likeness (QED) is 0.494. The molecule has 140 valence electrons. The van der Waals surface area contributed by atoms with Gasteiger partial charge in [-0.05, 0) is 55.0 Å². The lowest BCUT2D eigenvalue weighted by Crippen LogP contribution is -2.07. The molecule has 4 aromatic rings. The first-order valence-electron chi connectivity index (χ1n) is 9.00. The molecule has 0 bridgehead atoms. The molecule has 0 saturated heterocycles. The molecule has 0 unspecified atom stereocenters. The number of nitrogens with two attached hydrogens (primary N) is 1. The number of rotatable bonds is 6. The average Bonchev–Trinajstić information content (AvgIpc) is 3.11. The molecule has 0 amide bonds. The Balaban J connectivity index is 1.46. The van der Waals surface area contributed by atoms with E-state index in [1.807, 2.05) is 49.4 Å². The molecule has 0 spiro atoms. The topological polar surface area (TPSA) is 94.0 Å². The Kier molecular flexibility index (Phi) is 4.76. The molecular formula is C22H20N4O2. The number of aromatic nitrogens is 2. The van der Waals surface area contributed by atoms with E-state index in [9.17, 15) is 4.79 Å². The molecule has 0 saturated carbocycles. The number of hydrogen-bond acceptors (Lipinski definition) is 6. The van der Waals surface area contributed by atoms with Crippen LogP contribution in [0.25, 0.3) is 11.0 Å². The molecule has 3 heterocycles. The fourth-order valence-electron chi connectivity index (χ4n) is 3.06. The van der Waals surface area contributed by atoms with Crippen molar-refractivity contribution >= 4 is 28.3 Å². The van der Waals surface area contributed by atoms with E-state index in [2.05, 4.69) is 15.3 Å². The summed E-state index contributed by atoms with van der Waals surface area (Å²) in [5.74, 6) is 0.754. The Morgan fingerprint density at radius 3 is 2.86 bits per heavy atom. The number of furan rings is 1. The number of nitrogens with one attached hydrogen (secondary N) is 1. The molecule has 0 atom stereocenters. The van der Waals surface area contributed by atoms with Crippen LogP contribution in [0.3, 0.4) is 0 Å². The third-order valence-corrected chi connectivity index (χ3v) is 4.49. The summed E-state index contributed by atoms with van der Waals surface area (Å²) in [6.07, 6.45) is 3.60. The maximum atomic E-state index is 12.6. The highest BCUT2D eigenvalue weighted by molar-refractivity contribution is 5.98. The highest BCUT2D eigenvalue weighted by Gasteiger charge is 2.13. The summed E-state index contributed by atoms with van der Waals surface area (Å²) >= 11 is 0. The highest BCUT2D eigenvalue weighted by Crippen LogP contribution is 2.22. The third kappa shape index (κ3) is 3.86. The van der Waals surface area contributed by atoms with Crippen LogP contribution in [0.2, 0.25) is 0 Å². The zero-order valence-corrected chi connectivity index (χ0v) is 15.5. The molecular weight excluding hydrogens is 352 g/mol. The number of benzene rings is 1. The van der Waals surface area contributed by atoms with E-state index in [1.54, 1.807) is 18.5 Å². The van der Waals surface area contributed by atoms with E-state index >= 15 is 0 Å². The van der Waals surface area contributed by atoms with Crippen LogP contribution in [-0.4, -0.2) is 15.8 Å². The van der Waals surface area contributed by atoms with Gasteiger partial charge < -0.3 is 15.5 Å². The molecule has 4 rings (SSSR count). The number of aryl methyl sites for hydroxylation is 1. The van der Waals surface area contributed by atoms with Crippen molar-refractivity contribution < 1.29 is 9.21 Å². The SMILES string of the molecule is Cc1ccc2oc(C(=O)Cc3ccnc(CNc4cccnc4N)c3)cc2c1. The standard InChI is InChI=1S/C22H20N4O2/c1-14-4-5-20-16(9-14)12-21(28-20)19(27)11-15-6-8-24-17(10-15)13-26-18-3-2-7-25-22(18)23/h2-10,12,26H,11,13H2,1H3,(H2,23,25). The maximum absolute atomic E-state index is 12.6. The Morgan fingerprint density at radius 1 is 1.11 bits per heavy atom. The van der Waals surface area contributed by atoms with Gasteiger partial charge in [0.15, 0.2) is 5.76 Å². The molecule has 3 aromatic heterocycles. The molecule has 0 radical (unpaired) electrons. The number of anilines is 2. The van der Waals surface area contributed by atoms with Crippen molar-refractivity contribution in [2.75, 3.05) is 11.1 Å². The summed E-state index contributed by atoms with van der Waals surface area (Å²) in [5.41, 5.74) is 10.1. The number of carbonyl (C=O) groups excluding carboxylic acids is 1. The van der Waals surface area contributed by atoms with Crippen LogP contribution in [0.1, 0.15) is 27.4 Å². The molecule has 3 N–H and O–H groups in total. The summed E-state index contributed by atoms with van der Waals surface area (Å²) < 4.78 is 5.71. The van der Waals surface area contributed by atoms with Gasteiger partial charge in [-0.1, -0.05) is 11.6 Å². The number of ketones is 1. The van der Waals surface area contributed by atoms with Gasteiger partial charge in [-0.3, -0.25) is 9.78 Å². The van der Waals surface area contributed by atoms with Gasteiger partial charge in [0, 0.05) is 24.2 Å². The second-order valence-electron chi connectivity index (χ2n) is 6.70. The average molecular weight is 372 g/mol. The molecule has 0 fully saturated rings. The van der Waals surface area contributed by atoms with E-state index in [0.29, 0.717) is 18.1 Å². The summed E-state index contributed by atoms with van der Waals surface area (Å²) in [5, 5.41) is 4.15. The maximum Gasteiger partial charge on any atom is 0.202 e. The van der Waals surface area contributed by atoms with Crippen molar-refractivity contribution in [1.82, 2.24) is 9.97 Å². The fraction of sp³-hybridized carbons (Fsp3) is 0.136. The number of Topliss-reactive ketones (excluding diaryl/α,β-unsaturated/α-hetero) is 1. The highest BCUT2D eigenvalue weighted by atomic mass is 16.3. The number of carbonyl (C=O) groups is 1. The molecule has 6 heteroatoms. The number of fused-ring (bicyclic) bond motifs is 1. The Morgan fingerprint density at radius 2 is 2.00 bits per heavy atom. The fourth-order valence-corrected chi connectivity index (χ4v) is 3.06. The Labute approximate surface area is 162 Å². The van der Waals surface area contributed by atoms with Gasteiger partial charge in [-0.15, -0.1) is 0 Å². The van der Waals surface area contributed by atoms with Crippen LogP contribution in [0.15, 0.2) is 65.3 Å². The second kappa shape index (κ2) is 7.52. The normalized spacial score (nSPS) is 10.9. The molecule has 6 nitrogen and oxygen atoms in total. The second-order valence-corrected chi connectivity index (χ2v) is 6.70.